The van der Waals surface area contributed by atoms with Crippen LogP contribution in [0.25, 0.3) is 0 Å². The molecule has 3 aromatic rings. The van der Waals surface area contributed by atoms with Crippen LogP contribution in [0, 0.1) is 5.82 Å². The third kappa shape index (κ3) is 4.65. The summed E-state index contributed by atoms with van der Waals surface area (Å²) in [4.78, 5) is 18.8. The fraction of sp³-hybridized carbons (Fsp3) is 0.182. The summed E-state index contributed by atoms with van der Waals surface area (Å²) in [5, 5.41) is 5.80. The molecule has 3 rings (SSSR count). The second kappa shape index (κ2) is 8.99. The van der Waals surface area contributed by atoms with E-state index in [1.807, 2.05) is 12.1 Å². The number of hydrogen-bond acceptors (Lipinski definition) is 4. The van der Waals surface area contributed by atoms with Crippen LogP contribution in [0.1, 0.15) is 24.2 Å². The predicted molar refractivity (Wildman–Crippen MR) is 112 cm³/mol. The summed E-state index contributed by atoms with van der Waals surface area (Å²) >= 11 is 0. The number of benzene rings is 2. The van der Waals surface area contributed by atoms with E-state index in [0.29, 0.717) is 11.3 Å². The summed E-state index contributed by atoms with van der Waals surface area (Å²) < 4.78 is 13.7. The fourth-order valence-corrected chi connectivity index (χ4v) is 2.90. The zero-order valence-electron chi connectivity index (χ0n) is 15.9. The molecule has 6 heteroatoms. The topological polar surface area (TPSA) is 57.3 Å². The molecule has 0 radical (unpaired) electrons. The van der Waals surface area contributed by atoms with E-state index in [2.05, 4.69) is 46.5 Å². The average molecular weight is 378 g/mol. The van der Waals surface area contributed by atoms with Gasteiger partial charge in [-0.1, -0.05) is 12.1 Å². The molecule has 0 saturated carbocycles. The normalized spacial score (nSPS) is 10.4. The van der Waals surface area contributed by atoms with Gasteiger partial charge in [0.1, 0.15) is 5.82 Å². The van der Waals surface area contributed by atoms with E-state index in [1.165, 1.54) is 18.3 Å². The van der Waals surface area contributed by atoms with Gasteiger partial charge >= 0.3 is 0 Å². The molecule has 1 heterocycles. The third-order valence-electron chi connectivity index (χ3n) is 4.41. The fourth-order valence-electron chi connectivity index (χ4n) is 2.90. The Morgan fingerprint density at radius 3 is 2.39 bits per heavy atom. The van der Waals surface area contributed by atoms with Gasteiger partial charge in [0.25, 0.3) is 5.91 Å². The number of amides is 1. The lowest BCUT2D eigenvalue weighted by atomic mass is 10.2. The summed E-state index contributed by atoms with van der Waals surface area (Å²) in [5.41, 5.74) is 3.21. The third-order valence-corrected chi connectivity index (χ3v) is 4.41. The van der Waals surface area contributed by atoms with Crippen LogP contribution in [0.4, 0.5) is 27.1 Å². The lowest BCUT2D eigenvalue weighted by Crippen LogP contribution is -2.21. The summed E-state index contributed by atoms with van der Waals surface area (Å²) in [5.74, 6) is -0.899. The monoisotopic (exact) mass is 378 g/mol. The van der Waals surface area contributed by atoms with Gasteiger partial charge in [-0.2, -0.15) is 0 Å². The van der Waals surface area contributed by atoms with Crippen molar-refractivity contribution in [2.45, 2.75) is 13.8 Å². The molecule has 0 fully saturated rings. The van der Waals surface area contributed by atoms with E-state index >= 15 is 0 Å². The number of nitrogens with zero attached hydrogens (tertiary/aromatic N) is 2. The Kier molecular flexibility index (Phi) is 6.22. The Morgan fingerprint density at radius 2 is 1.71 bits per heavy atom. The molecule has 1 aromatic heterocycles. The first-order chi connectivity index (χ1) is 13.6. The number of nitrogens with one attached hydrogen (secondary N) is 2. The molecule has 0 atom stereocenters. The van der Waals surface area contributed by atoms with Crippen molar-refractivity contribution in [3.63, 3.8) is 0 Å². The molecule has 1 amide bonds. The number of carbonyl (C=O) groups excluding carboxylic acids is 1. The van der Waals surface area contributed by atoms with Crippen LogP contribution in [-0.2, 0) is 0 Å². The maximum Gasteiger partial charge on any atom is 0.257 e. The molecule has 0 saturated heterocycles. The first-order valence-corrected chi connectivity index (χ1v) is 9.23. The number of hydrogen-bond donors (Lipinski definition) is 2. The minimum absolute atomic E-state index is 0.137. The lowest BCUT2D eigenvalue weighted by molar-refractivity contribution is 0.102. The van der Waals surface area contributed by atoms with Crippen molar-refractivity contribution in [3.05, 3.63) is 78.4 Å². The molecule has 5 nitrogen and oxygen atoms in total. The maximum atomic E-state index is 13.7. The van der Waals surface area contributed by atoms with E-state index in [4.69, 9.17) is 0 Å². The SMILES string of the molecule is CCN(CC)c1ccc(Nc2cncc(C(=O)Nc3ccccc3F)c2)cc1. The van der Waals surface area contributed by atoms with Gasteiger partial charge in [0.05, 0.1) is 23.1 Å². The summed E-state index contributed by atoms with van der Waals surface area (Å²) in [6, 6.07) is 15.8. The van der Waals surface area contributed by atoms with Crippen molar-refractivity contribution >= 4 is 28.7 Å². The molecule has 28 heavy (non-hydrogen) atoms. The molecule has 0 aliphatic carbocycles. The highest BCUT2D eigenvalue weighted by Gasteiger charge is 2.10. The highest BCUT2D eigenvalue weighted by Crippen LogP contribution is 2.22. The van der Waals surface area contributed by atoms with E-state index in [0.717, 1.165) is 24.5 Å². The minimum Gasteiger partial charge on any atom is -0.372 e. The first kappa shape index (κ1) is 19.4. The summed E-state index contributed by atoms with van der Waals surface area (Å²) in [7, 11) is 0. The number of para-hydroxylation sites is 1. The molecule has 2 N–H and O–H groups in total. The number of aromatic nitrogens is 1. The Morgan fingerprint density at radius 1 is 1.00 bits per heavy atom. The number of pyridine rings is 1. The highest BCUT2D eigenvalue weighted by atomic mass is 19.1. The zero-order chi connectivity index (χ0) is 19.9. The van der Waals surface area contributed by atoms with E-state index in [1.54, 1.807) is 24.4 Å². The standard InChI is InChI=1S/C22H23FN4O/c1-3-27(4-2)19-11-9-17(10-12-19)25-18-13-16(14-24-15-18)22(28)26-21-8-6-5-7-20(21)23/h5-15,25H,3-4H2,1-2H3,(H,26,28). The van der Waals surface area contributed by atoms with Crippen LogP contribution >= 0.6 is 0 Å². The van der Waals surface area contributed by atoms with Crippen molar-refractivity contribution in [2.24, 2.45) is 0 Å². The van der Waals surface area contributed by atoms with Gasteiger partial charge in [0.2, 0.25) is 0 Å². The van der Waals surface area contributed by atoms with Gasteiger partial charge in [-0.15, -0.1) is 0 Å². The summed E-state index contributed by atoms with van der Waals surface area (Å²) in [6.45, 7) is 6.15. The smallest absolute Gasteiger partial charge is 0.257 e. The van der Waals surface area contributed by atoms with Crippen LogP contribution in [0.3, 0.4) is 0 Å². The largest absolute Gasteiger partial charge is 0.372 e. The van der Waals surface area contributed by atoms with Crippen LogP contribution in [0.5, 0.6) is 0 Å². The Labute approximate surface area is 164 Å². The number of halogens is 1. The highest BCUT2D eigenvalue weighted by molar-refractivity contribution is 6.04. The quantitative estimate of drug-likeness (QED) is 0.603. The maximum absolute atomic E-state index is 13.7. The number of carbonyl (C=O) groups is 1. The van der Waals surface area contributed by atoms with E-state index in [-0.39, 0.29) is 5.69 Å². The summed E-state index contributed by atoms with van der Waals surface area (Å²) in [6.07, 6.45) is 3.09. The van der Waals surface area contributed by atoms with Gasteiger partial charge in [0.15, 0.2) is 0 Å². The van der Waals surface area contributed by atoms with E-state index in [9.17, 15) is 9.18 Å². The Hall–Kier alpha value is -3.41. The van der Waals surface area contributed by atoms with Crippen molar-refractivity contribution in [1.29, 1.82) is 0 Å². The van der Waals surface area contributed by atoms with Gasteiger partial charge in [0, 0.05) is 30.7 Å². The number of anilines is 4. The molecule has 0 unspecified atom stereocenters. The van der Waals surface area contributed by atoms with Crippen molar-refractivity contribution in [3.8, 4) is 0 Å². The van der Waals surface area contributed by atoms with Crippen LogP contribution in [-0.4, -0.2) is 24.0 Å². The van der Waals surface area contributed by atoms with Crippen molar-refractivity contribution in [1.82, 2.24) is 4.98 Å². The molecular formula is C22H23FN4O. The van der Waals surface area contributed by atoms with Gasteiger partial charge in [-0.25, -0.2) is 4.39 Å². The zero-order valence-corrected chi connectivity index (χ0v) is 15.9. The number of rotatable bonds is 7. The van der Waals surface area contributed by atoms with Gasteiger partial charge in [-0.3, -0.25) is 9.78 Å². The minimum atomic E-state index is -0.480. The molecular weight excluding hydrogens is 355 g/mol. The molecule has 0 spiro atoms. The molecule has 0 aliphatic heterocycles. The second-order valence-corrected chi connectivity index (χ2v) is 6.24. The van der Waals surface area contributed by atoms with Gasteiger partial charge < -0.3 is 15.5 Å². The molecule has 0 bridgehead atoms. The lowest BCUT2D eigenvalue weighted by Gasteiger charge is -2.21. The average Bonchev–Trinajstić information content (AvgIpc) is 2.72. The Bertz CT molecular complexity index is 939. The van der Waals surface area contributed by atoms with E-state index < -0.39 is 11.7 Å². The molecule has 144 valence electrons. The second-order valence-electron chi connectivity index (χ2n) is 6.24. The van der Waals surface area contributed by atoms with Gasteiger partial charge in [-0.05, 0) is 56.3 Å². The van der Waals surface area contributed by atoms with Crippen LogP contribution < -0.4 is 15.5 Å². The van der Waals surface area contributed by atoms with Crippen LogP contribution in [0.15, 0.2) is 67.0 Å². The Balaban J connectivity index is 1.71. The van der Waals surface area contributed by atoms with Crippen molar-refractivity contribution < 1.29 is 9.18 Å². The predicted octanol–water partition coefficient (Wildman–Crippen LogP) is 5.06. The van der Waals surface area contributed by atoms with Crippen molar-refractivity contribution in [2.75, 3.05) is 28.6 Å². The molecule has 0 aliphatic rings. The first-order valence-electron chi connectivity index (χ1n) is 9.23. The van der Waals surface area contributed by atoms with Crippen LogP contribution in [0.2, 0.25) is 0 Å². The molecule has 2 aromatic carbocycles.